The molecule has 7 nitrogen and oxygen atoms in total. The van der Waals surface area contributed by atoms with E-state index in [0.29, 0.717) is 44.7 Å². The molecule has 0 atom stereocenters. The molecule has 1 amide bonds. The van der Waals surface area contributed by atoms with Gasteiger partial charge in [-0.25, -0.2) is 13.4 Å². The fourth-order valence-corrected chi connectivity index (χ4v) is 5.33. The number of nitrogens with zero attached hydrogens (tertiary/aromatic N) is 3. The van der Waals surface area contributed by atoms with Crippen molar-refractivity contribution >= 4 is 32.5 Å². The number of benzene rings is 2. The summed E-state index contributed by atoms with van der Waals surface area (Å²) in [5, 5.41) is 4.75. The summed E-state index contributed by atoms with van der Waals surface area (Å²) < 4.78 is 26.9. The van der Waals surface area contributed by atoms with Gasteiger partial charge in [0.15, 0.2) is 0 Å². The lowest BCUT2D eigenvalue weighted by Gasteiger charge is -2.34. The van der Waals surface area contributed by atoms with Gasteiger partial charge in [0.25, 0.3) is 5.91 Å². The van der Waals surface area contributed by atoms with Gasteiger partial charge in [-0.1, -0.05) is 42.5 Å². The van der Waals surface area contributed by atoms with Gasteiger partial charge in [-0.15, -0.1) is 0 Å². The van der Waals surface area contributed by atoms with Gasteiger partial charge in [-0.3, -0.25) is 4.79 Å². The summed E-state index contributed by atoms with van der Waals surface area (Å²) >= 11 is 0. The standard InChI is InChI=1S/C23H26N4O3S/c28-23(21-10-5-8-19-7-1-2-9-20(19)21)25-13-6-18-31(29,30)27-16-14-26(15-17-27)22-11-3-4-12-24-22/h1-5,7-12H,6,13-18H2,(H,25,28). The van der Waals surface area contributed by atoms with Gasteiger partial charge in [-0.2, -0.15) is 4.31 Å². The summed E-state index contributed by atoms with van der Waals surface area (Å²) in [5.74, 6) is 0.709. The van der Waals surface area contributed by atoms with Crippen molar-refractivity contribution < 1.29 is 13.2 Å². The van der Waals surface area contributed by atoms with Gasteiger partial charge in [0.2, 0.25) is 10.0 Å². The Morgan fingerprint density at radius 3 is 2.45 bits per heavy atom. The highest BCUT2D eigenvalue weighted by molar-refractivity contribution is 7.89. The first-order valence-electron chi connectivity index (χ1n) is 10.4. The molecular weight excluding hydrogens is 412 g/mol. The van der Waals surface area contributed by atoms with Gasteiger partial charge in [-0.05, 0) is 35.4 Å². The Hall–Kier alpha value is -2.97. The fraction of sp³-hybridized carbons (Fsp3) is 0.304. The molecule has 4 rings (SSSR count). The van der Waals surface area contributed by atoms with E-state index < -0.39 is 10.0 Å². The Labute approximate surface area is 182 Å². The zero-order valence-corrected chi connectivity index (χ0v) is 18.1. The van der Waals surface area contributed by atoms with E-state index in [2.05, 4.69) is 15.2 Å². The second kappa shape index (κ2) is 9.45. The molecule has 1 aromatic heterocycles. The van der Waals surface area contributed by atoms with Gasteiger partial charge in [0, 0.05) is 44.5 Å². The zero-order valence-electron chi connectivity index (χ0n) is 17.3. The van der Waals surface area contributed by atoms with Crippen LogP contribution in [0.5, 0.6) is 0 Å². The summed E-state index contributed by atoms with van der Waals surface area (Å²) in [5.41, 5.74) is 0.603. The predicted octanol–water partition coefficient (Wildman–Crippen LogP) is 2.51. The number of sulfonamides is 1. The van der Waals surface area contributed by atoms with E-state index in [9.17, 15) is 13.2 Å². The maximum atomic E-state index is 12.7. The van der Waals surface area contributed by atoms with Crippen LogP contribution in [-0.2, 0) is 10.0 Å². The number of fused-ring (bicyclic) bond motifs is 1. The minimum atomic E-state index is -3.35. The molecule has 8 heteroatoms. The van der Waals surface area contributed by atoms with Crippen LogP contribution in [0.4, 0.5) is 5.82 Å². The highest BCUT2D eigenvalue weighted by Crippen LogP contribution is 2.18. The Balaban J connectivity index is 1.26. The highest BCUT2D eigenvalue weighted by atomic mass is 32.2. The average molecular weight is 439 g/mol. The van der Waals surface area contributed by atoms with Crippen LogP contribution >= 0.6 is 0 Å². The minimum Gasteiger partial charge on any atom is -0.354 e. The fourth-order valence-electron chi connectivity index (χ4n) is 3.84. The number of aromatic nitrogens is 1. The molecule has 162 valence electrons. The molecule has 2 heterocycles. The van der Waals surface area contributed by atoms with E-state index in [4.69, 9.17) is 0 Å². The Bertz CT molecular complexity index is 1140. The monoisotopic (exact) mass is 438 g/mol. The number of nitrogens with one attached hydrogen (secondary N) is 1. The average Bonchev–Trinajstić information content (AvgIpc) is 2.82. The first-order valence-corrected chi connectivity index (χ1v) is 12.1. The molecule has 3 aromatic rings. The largest absolute Gasteiger partial charge is 0.354 e. The molecule has 1 saturated heterocycles. The number of rotatable bonds is 7. The number of hydrogen-bond acceptors (Lipinski definition) is 5. The van der Waals surface area contributed by atoms with E-state index in [1.165, 1.54) is 0 Å². The molecule has 1 fully saturated rings. The van der Waals surface area contributed by atoms with Crippen molar-refractivity contribution in [1.29, 1.82) is 0 Å². The van der Waals surface area contributed by atoms with Crippen molar-refractivity contribution in [3.8, 4) is 0 Å². The number of hydrogen-bond donors (Lipinski definition) is 1. The number of carbonyl (C=O) groups is 1. The van der Waals surface area contributed by atoms with Gasteiger partial charge >= 0.3 is 0 Å². The first-order chi connectivity index (χ1) is 15.0. The maximum Gasteiger partial charge on any atom is 0.251 e. The maximum absolute atomic E-state index is 12.7. The van der Waals surface area contributed by atoms with Crippen molar-refractivity contribution in [3.63, 3.8) is 0 Å². The number of carbonyl (C=O) groups excluding carboxylic acids is 1. The molecule has 0 unspecified atom stereocenters. The molecule has 2 aromatic carbocycles. The number of amides is 1. The Morgan fingerprint density at radius 1 is 0.935 bits per heavy atom. The van der Waals surface area contributed by atoms with Gasteiger partial charge < -0.3 is 10.2 Å². The topological polar surface area (TPSA) is 82.6 Å². The lowest BCUT2D eigenvalue weighted by Crippen LogP contribution is -2.49. The van der Waals surface area contributed by atoms with Crippen LogP contribution in [0, 0.1) is 0 Å². The van der Waals surface area contributed by atoms with E-state index in [1.807, 2.05) is 54.6 Å². The second-order valence-corrected chi connectivity index (χ2v) is 9.61. The van der Waals surface area contributed by atoms with E-state index >= 15 is 0 Å². The lowest BCUT2D eigenvalue weighted by atomic mass is 10.0. The van der Waals surface area contributed by atoms with Crippen molar-refractivity contribution in [2.45, 2.75) is 6.42 Å². The summed E-state index contributed by atoms with van der Waals surface area (Å²) in [6.45, 7) is 2.44. The minimum absolute atomic E-state index is 0.0202. The second-order valence-electron chi connectivity index (χ2n) is 7.53. The summed E-state index contributed by atoms with van der Waals surface area (Å²) in [6.07, 6.45) is 2.12. The van der Waals surface area contributed by atoms with Crippen LogP contribution in [0.25, 0.3) is 10.8 Å². The number of piperazine rings is 1. The van der Waals surface area contributed by atoms with Crippen LogP contribution in [0.2, 0.25) is 0 Å². The first kappa shape index (κ1) is 21.3. The normalized spacial score (nSPS) is 15.2. The predicted molar refractivity (Wildman–Crippen MR) is 123 cm³/mol. The molecule has 1 aliphatic heterocycles. The molecule has 0 bridgehead atoms. The molecule has 0 aliphatic carbocycles. The third kappa shape index (κ3) is 5.03. The van der Waals surface area contributed by atoms with Crippen LogP contribution in [-0.4, -0.2) is 62.1 Å². The van der Waals surface area contributed by atoms with Crippen molar-refractivity contribution in [1.82, 2.24) is 14.6 Å². The van der Waals surface area contributed by atoms with E-state index in [0.717, 1.165) is 16.6 Å². The van der Waals surface area contributed by atoms with E-state index in [1.54, 1.807) is 16.6 Å². The van der Waals surface area contributed by atoms with E-state index in [-0.39, 0.29) is 11.7 Å². The van der Waals surface area contributed by atoms with Gasteiger partial charge in [0.05, 0.1) is 5.75 Å². The molecular formula is C23H26N4O3S. The molecule has 0 saturated carbocycles. The van der Waals surface area contributed by atoms with Crippen LogP contribution in [0.3, 0.4) is 0 Å². The highest BCUT2D eigenvalue weighted by Gasteiger charge is 2.27. The SMILES string of the molecule is O=C(NCCCS(=O)(=O)N1CCN(c2ccccn2)CC1)c1cccc2ccccc12. The van der Waals surface area contributed by atoms with Crippen LogP contribution in [0.1, 0.15) is 16.8 Å². The number of pyridine rings is 1. The third-order valence-corrected chi connectivity index (χ3v) is 7.46. The molecule has 0 radical (unpaired) electrons. The van der Waals surface area contributed by atoms with Crippen LogP contribution in [0.15, 0.2) is 66.9 Å². The molecule has 31 heavy (non-hydrogen) atoms. The summed E-state index contributed by atoms with van der Waals surface area (Å²) in [7, 11) is -3.35. The van der Waals surface area contributed by atoms with Gasteiger partial charge in [0.1, 0.15) is 5.82 Å². The Morgan fingerprint density at radius 2 is 1.68 bits per heavy atom. The third-order valence-electron chi connectivity index (χ3n) is 5.50. The van der Waals surface area contributed by atoms with Crippen molar-refractivity contribution in [2.24, 2.45) is 0 Å². The smallest absolute Gasteiger partial charge is 0.251 e. The summed E-state index contributed by atoms with van der Waals surface area (Å²) in [6, 6.07) is 19.0. The number of anilines is 1. The lowest BCUT2D eigenvalue weighted by molar-refractivity contribution is 0.0955. The molecule has 1 aliphatic rings. The van der Waals surface area contributed by atoms with Crippen LogP contribution < -0.4 is 10.2 Å². The summed E-state index contributed by atoms with van der Waals surface area (Å²) in [4.78, 5) is 19.0. The quantitative estimate of drug-likeness (QED) is 0.573. The Kier molecular flexibility index (Phi) is 6.48. The van der Waals surface area contributed by atoms with Crippen molar-refractivity contribution in [2.75, 3.05) is 43.4 Å². The molecule has 0 spiro atoms. The molecule has 1 N–H and O–H groups in total. The van der Waals surface area contributed by atoms with Crippen molar-refractivity contribution in [3.05, 3.63) is 72.4 Å². The zero-order chi connectivity index (χ0) is 21.7.